The first-order valence-electron chi connectivity index (χ1n) is 10.8. The Morgan fingerprint density at radius 3 is 2.62 bits per heavy atom. The van der Waals surface area contributed by atoms with Crippen molar-refractivity contribution >= 4 is 35.4 Å². The van der Waals surface area contributed by atoms with Crippen LogP contribution in [0.4, 0.5) is 4.79 Å². The SMILES string of the molecule is CCOCCOC(C(=O)CCCC[C@@H]1SC[C@@H]2NC(=O)N[C@@H]21)C(N)(N)N1C(=O)C=CC1=O. The van der Waals surface area contributed by atoms with Crippen molar-refractivity contribution in [1.82, 2.24) is 15.5 Å². The van der Waals surface area contributed by atoms with E-state index in [1.54, 1.807) is 0 Å². The Morgan fingerprint density at radius 1 is 1.22 bits per heavy atom. The molecule has 12 heteroatoms. The summed E-state index contributed by atoms with van der Waals surface area (Å²) >= 11 is 1.81. The molecule has 0 aromatic carbocycles. The zero-order chi connectivity index (χ0) is 23.3. The number of carbonyl (C=O) groups excluding carboxylic acids is 4. The summed E-state index contributed by atoms with van der Waals surface area (Å²) in [6.07, 6.45) is 3.05. The Bertz CT molecular complexity index is 758. The number of fused-ring (bicyclic) bond motifs is 1. The lowest BCUT2D eigenvalue weighted by molar-refractivity contribution is -0.158. The molecule has 3 rings (SSSR count). The van der Waals surface area contributed by atoms with E-state index in [1.165, 1.54) is 0 Å². The molecule has 3 aliphatic rings. The first-order chi connectivity index (χ1) is 15.3. The fourth-order valence-corrected chi connectivity index (χ4v) is 5.72. The van der Waals surface area contributed by atoms with Gasteiger partial charge in [0.05, 0.1) is 25.3 Å². The Labute approximate surface area is 191 Å². The largest absolute Gasteiger partial charge is 0.379 e. The molecule has 0 aromatic heterocycles. The molecule has 4 amide bonds. The predicted octanol–water partition coefficient (Wildman–Crippen LogP) is -0.801. The Hall–Kier alpha value is -1.99. The highest BCUT2D eigenvalue weighted by Gasteiger charge is 2.48. The number of carbonyl (C=O) groups is 4. The highest BCUT2D eigenvalue weighted by Crippen LogP contribution is 2.33. The van der Waals surface area contributed by atoms with Gasteiger partial charge in [-0.25, -0.2) is 9.69 Å². The molecule has 1 unspecified atom stereocenters. The summed E-state index contributed by atoms with van der Waals surface area (Å²) in [4.78, 5) is 49.3. The van der Waals surface area contributed by atoms with Gasteiger partial charge in [-0.15, -0.1) is 0 Å². The van der Waals surface area contributed by atoms with Crippen molar-refractivity contribution in [3.05, 3.63) is 12.2 Å². The van der Waals surface area contributed by atoms with Gasteiger partial charge in [0, 0.05) is 36.2 Å². The molecule has 0 aromatic rings. The van der Waals surface area contributed by atoms with Crippen molar-refractivity contribution in [2.45, 2.75) is 61.8 Å². The normalized spacial score (nSPS) is 25.8. The van der Waals surface area contributed by atoms with Crippen molar-refractivity contribution < 1.29 is 28.7 Å². The second-order valence-corrected chi connectivity index (χ2v) is 9.29. The molecule has 0 bridgehead atoms. The van der Waals surface area contributed by atoms with Gasteiger partial charge in [0.15, 0.2) is 17.7 Å². The zero-order valence-electron chi connectivity index (χ0n) is 18.1. The lowest BCUT2D eigenvalue weighted by Gasteiger charge is -2.38. The van der Waals surface area contributed by atoms with Gasteiger partial charge >= 0.3 is 6.03 Å². The number of hydrogen-bond acceptors (Lipinski definition) is 9. The van der Waals surface area contributed by atoms with Gasteiger partial charge in [0.1, 0.15) is 0 Å². The number of imide groups is 1. The number of nitrogens with zero attached hydrogens (tertiary/aromatic N) is 1. The van der Waals surface area contributed by atoms with Crippen LogP contribution in [0.2, 0.25) is 0 Å². The molecule has 0 aliphatic carbocycles. The van der Waals surface area contributed by atoms with Gasteiger partial charge in [-0.3, -0.25) is 25.9 Å². The van der Waals surface area contributed by atoms with E-state index in [-0.39, 0.29) is 43.5 Å². The van der Waals surface area contributed by atoms with Crippen molar-refractivity contribution in [2.24, 2.45) is 11.5 Å². The van der Waals surface area contributed by atoms with E-state index >= 15 is 0 Å². The van der Waals surface area contributed by atoms with E-state index < -0.39 is 23.7 Å². The number of Topliss-reactive ketones (excluding diaryl/α,β-unsaturated/α-hetero) is 1. The average molecular weight is 470 g/mol. The second-order valence-electron chi connectivity index (χ2n) is 8.01. The molecule has 6 N–H and O–H groups in total. The van der Waals surface area contributed by atoms with Crippen molar-refractivity contribution in [3.8, 4) is 0 Å². The summed E-state index contributed by atoms with van der Waals surface area (Å²) in [5, 5.41) is 6.15. The van der Waals surface area contributed by atoms with E-state index in [1.807, 2.05) is 18.7 Å². The number of thioether (sulfide) groups is 1. The summed E-state index contributed by atoms with van der Waals surface area (Å²) in [5.41, 5.74) is 12.2. The van der Waals surface area contributed by atoms with Gasteiger partial charge < -0.3 is 20.1 Å². The number of rotatable bonds is 13. The maximum absolute atomic E-state index is 13.0. The Morgan fingerprint density at radius 2 is 1.94 bits per heavy atom. The quantitative estimate of drug-likeness (QED) is 0.117. The lowest BCUT2D eigenvalue weighted by Crippen LogP contribution is -2.73. The maximum Gasteiger partial charge on any atom is 0.315 e. The Balaban J connectivity index is 1.54. The van der Waals surface area contributed by atoms with Crippen molar-refractivity contribution in [1.29, 1.82) is 0 Å². The third-order valence-corrected chi connectivity index (χ3v) is 7.23. The molecule has 3 aliphatic heterocycles. The van der Waals surface area contributed by atoms with Crippen LogP contribution in [-0.4, -0.2) is 83.3 Å². The van der Waals surface area contributed by atoms with E-state index in [9.17, 15) is 19.2 Å². The van der Waals surface area contributed by atoms with Crippen LogP contribution in [0.3, 0.4) is 0 Å². The predicted molar refractivity (Wildman–Crippen MR) is 117 cm³/mol. The molecule has 3 heterocycles. The van der Waals surface area contributed by atoms with E-state index in [0.29, 0.717) is 23.2 Å². The average Bonchev–Trinajstić information content (AvgIpc) is 3.39. The number of ether oxygens (including phenoxy) is 2. The highest BCUT2D eigenvalue weighted by atomic mass is 32.2. The minimum atomic E-state index is -2.12. The van der Waals surface area contributed by atoms with E-state index in [2.05, 4.69) is 10.6 Å². The number of nitrogens with one attached hydrogen (secondary N) is 2. The summed E-state index contributed by atoms with van der Waals surface area (Å²) in [5.74, 6) is -3.00. The van der Waals surface area contributed by atoms with Crippen LogP contribution in [0.1, 0.15) is 32.6 Å². The van der Waals surface area contributed by atoms with Crippen LogP contribution >= 0.6 is 11.8 Å². The molecule has 2 saturated heterocycles. The molecule has 32 heavy (non-hydrogen) atoms. The minimum absolute atomic E-state index is 0.0402. The van der Waals surface area contributed by atoms with Crippen LogP contribution in [0.5, 0.6) is 0 Å². The van der Waals surface area contributed by atoms with E-state index in [4.69, 9.17) is 20.9 Å². The van der Waals surface area contributed by atoms with Crippen LogP contribution < -0.4 is 22.1 Å². The van der Waals surface area contributed by atoms with Gasteiger partial charge in [-0.2, -0.15) is 11.8 Å². The van der Waals surface area contributed by atoms with Crippen LogP contribution in [0.25, 0.3) is 0 Å². The smallest absolute Gasteiger partial charge is 0.315 e. The molecular weight excluding hydrogens is 438 g/mol. The van der Waals surface area contributed by atoms with Crippen LogP contribution in [0, 0.1) is 0 Å². The third kappa shape index (κ3) is 5.49. The van der Waals surface area contributed by atoms with Crippen LogP contribution in [0.15, 0.2) is 12.2 Å². The number of hydrogen-bond donors (Lipinski definition) is 4. The monoisotopic (exact) mass is 469 g/mol. The highest BCUT2D eigenvalue weighted by molar-refractivity contribution is 8.00. The molecule has 0 radical (unpaired) electrons. The fraction of sp³-hybridized carbons (Fsp3) is 0.700. The first kappa shape index (κ1) is 24.6. The second kappa shape index (κ2) is 10.8. The molecule has 0 spiro atoms. The van der Waals surface area contributed by atoms with Crippen molar-refractivity contribution in [3.63, 3.8) is 0 Å². The summed E-state index contributed by atoms with van der Waals surface area (Å²) in [7, 11) is 0. The fourth-order valence-electron chi connectivity index (χ4n) is 4.17. The summed E-state index contributed by atoms with van der Waals surface area (Å²) in [6.45, 7) is 2.56. The molecular formula is C20H31N5O6S. The number of unbranched alkanes of at least 4 members (excludes halogenated alkanes) is 1. The molecule has 2 fully saturated rings. The van der Waals surface area contributed by atoms with E-state index in [0.717, 1.165) is 30.7 Å². The summed E-state index contributed by atoms with van der Waals surface area (Å²) in [6, 6.07) is 0.134. The van der Waals surface area contributed by atoms with Crippen LogP contribution in [-0.2, 0) is 23.9 Å². The topological polar surface area (TPSA) is 166 Å². The van der Waals surface area contributed by atoms with Gasteiger partial charge in [-0.1, -0.05) is 6.42 Å². The van der Waals surface area contributed by atoms with Crippen molar-refractivity contribution in [2.75, 3.05) is 25.6 Å². The third-order valence-electron chi connectivity index (χ3n) is 5.73. The first-order valence-corrected chi connectivity index (χ1v) is 11.8. The number of nitrogens with two attached hydrogens (primary N) is 2. The number of amides is 4. The maximum atomic E-state index is 13.0. The molecule has 178 valence electrons. The zero-order valence-corrected chi connectivity index (χ0v) is 18.9. The number of urea groups is 1. The van der Waals surface area contributed by atoms with Gasteiger partial charge in [0.25, 0.3) is 11.8 Å². The van der Waals surface area contributed by atoms with Gasteiger partial charge in [0.2, 0.25) is 0 Å². The summed E-state index contributed by atoms with van der Waals surface area (Å²) < 4.78 is 10.8. The minimum Gasteiger partial charge on any atom is -0.379 e. The molecule has 11 nitrogen and oxygen atoms in total. The standard InChI is InChI=1S/C20H31N5O6S/c1-2-30-9-10-31-18(20(21,22)25-15(27)7-8-16(25)28)13(26)5-3-4-6-14-17-12(11-32-14)23-19(29)24-17/h7-8,12,14,17-18H,2-6,9-11,21-22H2,1H3,(H2,23,24,29)/t12-,14-,17-,18?/m0/s1. The number of ketones is 1. The Kier molecular flexibility index (Phi) is 8.28. The molecule has 0 saturated carbocycles. The van der Waals surface area contributed by atoms with Gasteiger partial charge in [-0.05, 0) is 19.8 Å². The molecule has 4 atom stereocenters. The lowest BCUT2D eigenvalue weighted by atomic mass is 9.99.